The van der Waals surface area contributed by atoms with Gasteiger partial charge in [-0.2, -0.15) is 0 Å². The van der Waals surface area contributed by atoms with Gasteiger partial charge in [0.2, 0.25) is 0 Å². The Morgan fingerprint density at radius 2 is 2.00 bits per heavy atom. The number of rotatable bonds is 2. The van der Waals surface area contributed by atoms with Crippen LogP contribution in [0.2, 0.25) is 0 Å². The third-order valence-corrected chi connectivity index (χ3v) is 6.46. The number of hydrogen-bond acceptors (Lipinski definition) is 4. The molecule has 1 atom stereocenters. The highest BCUT2D eigenvalue weighted by atomic mass is 32.1. The first-order chi connectivity index (χ1) is 13.5. The SMILES string of the molecule is C=C1/C(c2ccc3c(c2)CC(N(C)C)C3)=C(O)\C=C/CNC(=O)c2sccc21. The Balaban J connectivity index is 1.80. The lowest BCUT2D eigenvalue weighted by Crippen LogP contribution is -2.27. The Morgan fingerprint density at radius 1 is 1.21 bits per heavy atom. The number of carbonyl (C=O) groups excluding carboxylic acids is 1. The molecule has 5 heteroatoms. The van der Waals surface area contributed by atoms with E-state index in [9.17, 15) is 9.90 Å². The third kappa shape index (κ3) is 3.32. The largest absolute Gasteiger partial charge is 0.507 e. The number of carbonyl (C=O) groups is 1. The van der Waals surface area contributed by atoms with Crippen LogP contribution in [0.4, 0.5) is 0 Å². The first kappa shape index (κ1) is 18.7. The highest BCUT2D eigenvalue weighted by Gasteiger charge is 2.25. The second kappa shape index (κ2) is 7.41. The van der Waals surface area contributed by atoms with E-state index in [1.165, 1.54) is 22.5 Å². The van der Waals surface area contributed by atoms with Crippen LogP contribution < -0.4 is 5.32 Å². The van der Waals surface area contributed by atoms with E-state index in [-0.39, 0.29) is 11.7 Å². The van der Waals surface area contributed by atoms with Gasteiger partial charge in [0.15, 0.2) is 0 Å². The number of benzene rings is 1. The fourth-order valence-corrected chi connectivity index (χ4v) is 4.77. The summed E-state index contributed by atoms with van der Waals surface area (Å²) in [6.45, 7) is 4.62. The van der Waals surface area contributed by atoms with Gasteiger partial charge >= 0.3 is 0 Å². The minimum Gasteiger partial charge on any atom is -0.507 e. The minimum atomic E-state index is -0.112. The first-order valence-corrected chi connectivity index (χ1v) is 10.3. The lowest BCUT2D eigenvalue weighted by molar-refractivity contribution is 0.0961. The van der Waals surface area contributed by atoms with Gasteiger partial charge in [0.25, 0.3) is 5.91 Å². The first-order valence-electron chi connectivity index (χ1n) is 9.39. The lowest BCUT2D eigenvalue weighted by Gasteiger charge is -2.17. The number of thiophene rings is 1. The van der Waals surface area contributed by atoms with E-state index in [0.29, 0.717) is 28.6 Å². The number of hydrogen-bond donors (Lipinski definition) is 2. The van der Waals surface area contributed by atoms with Gasteiger partial charge in [-0.1, -0.05) is 30.9 Å². The Hall–Kier alpha value is -2.63. The van der Waals surface area contributed by atoms with Gasteiger partial charge in [0, 0.05) is 23.7 Å². The molecule has 0 bridgehead atoms. The molecule has 0 fully saturated rings. The predicted octanol–water partition coefficient (Wildman–Crippen LogP) is 4.06. The van der Waals surface area contributed by atoms with Crippen molar-refractivity contribution in [3.63, 3.8) is 0 Å². The lowest BCUT2D eigenvalue weighted by atomic mass is 9.90. The molecule has 2 aromatic rings. The average Bonchev–Trinajstić information content (AvgIpc) is 3.31. The molecule has 1 unspecified atom stereocenters. The van der Waals surface area contributed by atoms with Crippen molar-refractivity contribution in [2.75, 3.05) is 20.6 Å². The van der Waals surface area contributed by atoms with Crippen LogP contribution in [0.1, 0.15) is 31.9 Å². The summed E-state index contributed by atoms with van der Waals surface area (Å²) in [6, 6.07) is 8.79. The van der Waals surface area contributed by atoms with Crippen molar-refractivity contribution in [1.29, 1.82) is 0 Å². The quantitative estimate of drug-likeness (QED) is 0.810. The van der Waals surface area contributed by atoms with Crippen LogP contribution in [0.5, 0.6) is 0 Å². The van der Waals surface area contributed by atoms with Gasteiger partial charge in [-0.05, 0) is 66.7 Å². The summed E-state index contributed by atoms with van der Waals surface area (Å²) in [5.41, 5.74) is 5.72. The molecule has 144 valence electrons. The van der Waals surface area contributed by atoms with Gasteiger partial charge in [0.1, 0.15) is 5.76 Å². The molecule has 1 amide bonds. The summed E-state index contributed by atoms with van der Waals surface area (Å²) in [5, 5.41) is 15.6. The van der Waals surface area contributed by atoms with Crippen LogP contribution in [0, 0.1) is 0 Å². The topological polar surface area (TPSA) is 52.6 Å². The molecule has 4 rings (SSSR count). The van der Waals surface area contributed by atoms with Crippen LogP contribution in [-0.2, 0) is 12.8 Å². The molecule has 1 aromatic heterocycles. The Morgan fingerprint density at radius 3 is 2.79 bits per heavy atom. The summed E-state index contributed by atoms with van der Waals surface area (Å²) in [5.74, 6) is 0.0553. The Bertz CT molecular complexity index is 1010. The molecular weight excluding hydrogens is 368 g/mol. The van der Waals surface area contributed by atoms with Crippen molar-refractivity contribution in [2.24, 2.45) is 0 Å². The van der Waals surface area contributed by atoms with Crippen molar-refractivity contribution in [1.82, 2.24) is 10.2 Å². The van der Waals surface area contributed by atoms with Gasteiger partial charge in [0.05, 0.1) is 4.88 Å². The summed E-state index contributed by atoms with van der Waals surface area (Å²) in [4.78, 5) is 15.3. The predicted molar refractivity (Wildman–Crippen MR) is 116 cm³/mol. The van der Waals surface area contributed by atoms with E-state index in [1.807, 2.05) is 11.4 Å². The number of nitrogens with one attached hydrogen (secondary N) is 1. The maximum atomic E-state index is 12.4. The molecule has 2 aliphatic rings. The number of likely N-dealkylation sites (N-methyl/N-ethyl adjacent to an activating group) is 1. The molecule has 28 heavy (non-hydrogen) atoms. The number of fused-ring (bicyclic) bond motifs is 2. The van der Waals surface area contributed by atoms with Gasteiger partial charge in [-0.15, -0.1) is 11.3 Å². The van der Waals surface area contributed by atoms with Crippen molar-refractivity contribution in [3.05, 3.63) is 81.3 Å². The van der Waals surface area contributed by atoms with Crippen LogP contribution in [0.15, 0.2) is 54.1 Å². The standard InChI is InChI=1S/C23H24N2O2S/c1-14-19-8-10-28-22(19)23(27)24-9-4-5-20(26)21(14)16-7-6-15-12-18(25(2)3)13-17(15)11-16/h4-8,10-11,18,26H,1,9,12-13H2,2-3H3,(H,24,27)/b5-4-,21-20-. The molecule has 1 aliphatic heterocycles. The Kier molecular flexibility index (Phi) is 4.96. The molecule has 4 nitrogen and oxygen atoms in total. The average molecular weight is 393 g/mol. The molecule has 0 radical (unpaired) electrons. The summed E-state index contributed by atoms with van der Waals surface area (Å²) in [7, 11) is 4.23. The summed E-state index contributed by atoms with van der Waals surface area (Å²) < 4.78 is 0. The molecule has 1 aromatic carbocycles. The molecule has 0 saturated heterocycles. The highest BCUT2D eigenvalue weighted by molar-refractivity contribution is 7.12. The van der Waals surface area contributed by atoms with Crippen molar-refractivity contribution in [3.8, 4) is 0 Å². The number of allylic oxidation sites excluding steroid dienone is 3. The minimum absolute atomic E-state index is 0.112. The zero-order valence-corrected chi connectivity index (χ0v) is 17.0. The van der Waals surface area contributed by atoms with Gasteiger partial charge in [-0.25, -0.2) is 0 Å². The number of amides is 1. The fraction of sp³-hybridized carbons (Fsp3) is 0.261. The van der Waals surface area contributed by atoms with E-state index in [2.05, 4.69) is 49.1 Å². The van der Waals surface area contributed by atoms with E-state index in [1.54, 1.807) is 12.2 Å². The third-order valence-electron chi connectivity index (χ3n) is 5.55. The van der Waals surface area contributed by atoms with Crippen LogP contribution in [0.3, 0.4) is 0 Å². The van der Waals surface area contributed by atoms with Gasteiger partial charge in [-0.3, -0.25) is 4.79 Å². The van der Waals surface area contributed by atoms with Gasteiger partial charge < -0.3 is 15.3 Å². The molecular formula is C23H24N2O2S. The summed E-state index contributed by atoms with van der Waals surface area (Å²) >= 11 is 1.39. The molecule has 0 spiro atoms. The van der Waals surface area contributed by atoms with Crippen LogP contribution in [0.25, 0.3) is 11.1 Å². The second-order valence-corrected chi connectivity index (χ2v) is 8.44. The molecule has 1 aliphatic carbocycles. The van der Waals surface area contributed by atoms with Crippen LogP contribution >= 0.6 is 11.3 Å². The zero-order valence-electron chi connectivity index (χ0n) is 16.2. The number of aliphatic hydroxyl groups excluding tert-OH is 1. The normalized spacial score (nSPS) is 23.3. The smallest absolute Gasteiger partial charge is 0.262 e. The van der Waals surface area contributed by atoms with E-state index in [0.717, 1.165) is 24.0 Å². The molecule has 2 heterocycles. The summed E-state index contributed by atoms with van der Waals surface area (Å²) in [6.07, 6.45) is 5.45. The van der Waals surface area contributed by atoms with Crippen LogP contribution in [-0.4, -0.2) is 42.6 Å². The fourth-order valence-electron chi connectivity index (χ4n) is 3.94. The van der Waals surface area contributed by atoms with Crippen molar-refractivity contribution in [2.45, 2.75) is 18.9 Å². The molecule has 2 N–H and O–H groups in total. The van der Waals surface area contributed by atoms with E-state index < -0.39 is 0 Å². The van der Waals surface area contributed by atoms with Crippen molar-refractivity contribution >= 4 is 28.4 Å². The van der Waals surface area contributed by atoms with Crippen molar-refractivity contribution < 1.29 is 9.90 Å². The second-order valence-electron chi connectivity index (χ2n) is 7.52. The maximum absolute atomic E-state index is 12.4. The van der Waals surface area contributed by atoms with E-state index in [4.69, 9.17) is 0 Å². The number of nitrogens with zero attached hydrogens (tertiary/aromatic N) is 1. The molecule has 0 saturated carbocycles. The Labute approximate surface area is 169 Å². The highest BCUT2D eigenvalue weighted by Crippen LogP contribution is 2.38. The monoisotopic (exact) mass is 392 g/mol. The number of aliphatic hydroxyl groups is 1. The maximum Gasteiger partial charge on any atom is 0.262 e. The zero-order chi connectivity index (χ0) is 19.8. The van der Waals surface area contributed by atoms with E-state index >= 15 is 0 Å².